The van der Waals surface area contributed by atoms with Crippen LogP contribution in [0.3, 0.4) is 0 Å². The zero-order valence-electron chi connectivity index (χ0n) is 16.3. The monoisotopic (exact) mass is 429 g/mol. The molecular weight excluding hydrogens is 411 g/mol. The van der Waals surface area contributed by atoms with E-state index >= 15 is 0 Å². The summed E-state index contributed by atoms with van der Waals surface area (Å²) >= 11 is 0. The molecule has 1 aromatic heterocycles. The molecule has 0 spiro atoms. The van der Waals surface area contributed by atoms with E-state index in [0.29, 0.717) is 17.0 Å². The highest BCUT2D eigenvalue weighted by Gasteiger charge is 2.44. The Bertz CT molecular complexity index is 1110. The molecule has 0 radical (unpaired) electrons. The Kier molecular flexibility index (Phi) is 5.14. The van der Waals surface area contributed by atoms with Crippen molar-refractivity contribution in [2.45, 2.75) is 12.2 Å². The zero-order valence-corrected chi connectivity index (χ0v) is 16.3. The van der Waals surface area contributed by atoms with Gasteiger partial charge in [0, 0.05) is 11.4 Å². The first-order chi connectivity index (χ1) is 14.8. The number of benzene rings is 2. The van der Waals surface area contributed by atoms with Crippen LogP contribution in [0.1, 0.15) is 17.4 Å². The van der Waals surface area contributed by atoms with Crippen molar-refractivity contribution in [3.8, 4) is 5.75 Å². The number of halogens is 3. The van der Waals surface area contributed by atoms with Gasteiger partial charge in [-0.3, -0.25) is 4.79 Å². The van der Waals surface area contributed by atoms with E-state index in [4.69, 9.17) is 4.74 Å². The lowest BCUT2D eigenvalue weighted by molar-refractivity contribution is -0.145. The summed E-state index contributed by atoms with van der Waals surface area (Å²) in [5, 5.41) is 9.14. The number of aromatic nitrogens is 3. The van der Waals surface area contributed by atoms with Crippen molar-refractivity contribution in [1.82, 2.24) is 14.8 Å². The van der Waals surface area contributed by atoms with Gasteiger partial charge in [0.1, 0.15) is 11.7 Å². The first-order valence-corrected chi connectivity index (χ1v) is 9.27. The summed E-state index contributed by atoms with van der Waals surface area (Å²) in [5.74, 6) is -2.19. The number of rotatable bonds is 4. The van der Waals surface area contributed by atoms with Gasteiger partial charge in [-0.05, 0) is 29.8 Å². The maximum absolute atomic E-state index is 13.2. The van der Waals surface area contributed by atoms with Crippen molar-refractivity contribution in [2.24, 2.45) is 5.92 Å². The van der Waals surface area contributed by atoms with E-state index < -0.39 is 29.9 Å². The maximum Gasteiger partial charge on any atom is 0.453 e. The van der Waals surface area contributed by atoms with Crippen molar-refractivity contribution >= 4 is 17.5 Å². The number of nitrogens with one attached hydrogen (secondary N) is 2. The van der Waals surface area contributed by atoms with E-state index in [2.05, 4.69) is 27.3 Å². The molecule has 1 amide bonds. The van der Waals surface area contributed by atoms with Gasteiger partial charge in [-0.25, -0.2) is 4.68 Å². The average Bonchev–Trinajstić information content (AvgIpc) is 3.18. The fraction of sp³-hybridized carbons (Fsp3) is 0.190. The molecule has 0 unspecified atom stereocenters. The topological polar surface area (TPSA) is 81.1 Å². The van der Waals surface area contributed by atoms with Crippen LogP contribution in [0, 0.1) is 5.92 Å². The summed E-state index contributed by atoms with van der Waals surface area (Å²) in [6.45, 7) is 3.88. The van der Waals surface area contributed by atoms with Gasteiger partial charge in [0.05, 0.1) is 13.2 Å². The van der Waals surface area contributed by atoms with Gasteiger partial charge in [0.25, 0.3) is 5.82 Å². The van der Waals surface area contributed by atoms with Gasteiger partial charge in [-0.15, -0.1) is 5.10 Å². The molecule has 0 fully saturated rings. The van der Waals surface area contributed by atoms with Crippen LogP contribution >= 0.6 is 0 Å². The van der Waals surface area contributed by atoms with Crippen molar-refractivity contribution in [3.05, 3.63) is 78.3 Å². The predicted octanol–water partition coefficient (Wildman–Crippen LogP) is 4.09. The Morgan fingerprint density at radius 3 is 2.45 bits per heavy atom. The lowest BCUT2D eigenvalue weighted by Gasteiger charge is -2.33. The summed E-state index contributed by atoms with van der Waals surface area (Å²) in [7, 11) is 1.53. The number of carbonyl (C=O) groups excluding carboxylic acids is 1. The van der Waals surface area contributed by atoms with Gasteiger partial charge < -0.3 is 15.4 Å². The molecule has 160 valence electrons. The number of hydrogen-bond donors (Lipinski definition) is 2. The Hall–Kier alpha value is -3.82. The molecule has 4 rings (SSSR count). The standard InChI is InChI=1S/C21H18F3N5O2/c1-12-16(18(30)26-14-8-10-15(31-2)11-9-14)17(13-6-4-3-5-7-13)29-20(25-12)27-19(28-29)21(22,23)24/h3-11,16-17H,1H2,2H3,(H,26,30)(H,25,27,28)/t16-,17-/m1/s1. The fourth-order valence-corrected chi connectivity index (χ4v) is 3.46. The van der Waals surface area contributed by atoms with Gasteiger partial charge in [0.2, 0.25) is 11.9 Å². The molecule has 1 aliphatic rings. The second kappa shape index (κ2) is 7.78. The first kappa shape index (κ1) is 20.5. The number of carbonyl (C=O) groups is 1. The molecule has 0 saturated heterocycles. The number of anilines is 2. The first-order valence-electron chi connectivity index (χ1n) is 9.27. The molecule has 0 aliphatic carbocycles. The molecule has 10 heteroatoms. The molecule has 2 N–H and O–H groups in total. The lowest BCUT2D eigenvalue weighted by Crippen LogP contribution is -2.39. The average molecular weight is 429 g/mol. The van der Waals surface area contributed by atoms with Crippen LogP contribution in [-0.4, -0.2) is 27.8 Å². The molecule has 31 heavy (non-hydrogen) atoms. The fourth-order valence-electron chi connectivity index (χ4n) is 3.46. The van der Waals surface area contributed by atoms with E-state index in [1.807, 2.05) is 0 Å². The van der Waals surface area contributed by atoms with Gasteiger partial charge >= 0.3 is 6.18 Å². The third-order valence-corrected chi connectivity index (χ3v) is 4.89. The molecule has 7 nitrogen and oxygen atoms in total. The number of methoxy groups -OCH3 is 1. The SMILES string of the molecule is C=C1Nc2nc(C(F)(F)F)nn2[C@H](c2ccccc2)[C@@H]1C(=O)Nc1ccc(OC)cc1. The van der Waals surface area contributed by atoms with Crippen molar-refractivity contribution in [1.29, 1.82) is 0 Å². The smallest absolute Gasteiger partial charge is 0.453 e. The largest absolute Gasteiger partial charge is 0.497 e. The van der Waals surface area contributed by atoms with Gasteiger partial charge in [-0.2, -0.15) is 18.2 Å². The van der Waals surface area contributed by atoms with Crippen molar-refractivity contribution in [2.75, 3.05) is 17.7 Å². The van der Waals surface area contributed by atoms with Gasteiger partial charge in [0.15, 0.2) is 0 Å². The molecule has 3 aromatic rings. The highest BCUT2D eigenvalue weighted by Crippen LogP contribution is 2.39. The number of amides is 1. The number of alkyl halides is 3. The quantitative estimate of drug-likeness (QED) is 0.653. The van der Waals surface area contributed by atoms with Crippen molar-refractivity contribution in [3.63, 3.8) is 0 Å². The maximum atomic E-state index is 13.2. The zero-order chi connectivity index (χ0) is 22.2. The Labute approximate surface area is 175 Å². The summed E-state index contributed by atoms with van der Waals surface area (Å²) in [5.41, 5.74) is 1.32. The Morgan fingerprint density at radius 2 is 1.84 bits per heavy atom. The normalized spacial score (nSPS) is 18.1. The second-order valence-corrected chi connectivity index (χ2v) is 6.90. The lowest BCUT2D eigenvalue weighted by atomic mass is 9.88. The van der Waals surface area contributed by atoms with Gasteiger partial charge in [-0.1, -0.05) is 36.9 Å². The minimum atomic E-state index is -4.73. The minimum Gasteiger partial charge on any atom is -0.497 e. The molecule has 2 atom stereocenters. The van der Waals surface area contributed by atoms with Crippen LogP contribution in [0.15, 0.2) is 66.9 Å². The minimum absolute atomic E-state index is 0.125. The highest BCUT2D eigenvalue weighted by atomic mass is 19.4. The number of hydrogen-bond acceptors (Lipinski definition) is 5. The number of ether oxygens (including phenoxy) is 1. The van der Waals surface area contributed by atoms with Crippen molar-refractivity contribution < 1.29 is 22.7 Å². The molecule has 1 aliphatic heterocycles. The summed E-state index contributed by atoms with van der Waals surface area (Å²) in [4.78, 5) is 16.8. The summed E-state index contributed by atoms with van der Waals surface area (Å²) in [6.07, 6.45) is -4.73. The van der Waals surface area contributed by atoms with E-state index in [0.717, 1.165) is 4.68 Å². The highest BCUT2D eigenvalue weighted by molar-refractivity contribution is 5.95. The van der Waals surface area contributed by atoms with Crippen LogP contribution in [0.5, 0.6) is 5.75 Å². The molecule has 2 aromatic carbocycles. The van der Waals surface area contributed by atoms with Crippen LogP contribution in [0.25, 0.3) is 0 Å². The second-order valence-electron chi connectivity index (χ2n) is 6.90. The molecule has 0 saturated carbocycles. The predicted molar refractivity (Wildman–Crippen MR) is 107 cm³/mol. The van der Waals surface area contributed by atoms with Crippen LogP contribution in [-0.2, 0) is 11.0 Å². The molecular formula is C21H18F3N5O2. The molecule has 0 bridgehead atoms. The van der Waals surface area contributed by atoms with E-state index in [-0.39, 0.29) is 11.6 Å². The number of fused-ring (bicyclic) bond motifs is 1. The van der Waals surface area contributed by atoms with Crippen LogP contribution in [0.2, 0.25) is 0 Å². The van der Waals surface area contributed by atoms with E-state index in [1.54, 1.807) is 54.6 Å². The Balaban J connectivity index is 1.74. The van der Waals surface area contributed by atoms with Crippen LogP contribution in [0.4, 0.5) is 24.8 Å². The number of nitrogens with zero attached hydrogens (tertiary/aromatic N) is 3. The van der Waals surface area contributed by atoms with E-state index in [1.165, 1.54) is 7.11 Å². The summed E-state index contributed by atoms with van der Waals surface area (Å²) < 4.78 is 45.9. The molecule has 2 heterocycles. The third kappa shape index (κ3) is 3.96. The third-order valence-electron chi connectivity index (χ3n) is 4.89. The van der Waals surface area contributed by atoms with E-state index in [9.17, 15) is 18.0 Å². The van der Waals surface area contributed by atoms with Crippen LogP contribution < -0.4 is 15.4 Å². The Morgan fingerprint density at radius 1 is 1.16 bits per heavy atom. The summed E-state index contributed by atoms with van der Waals surface area (Å²) in [6, 6.07) is 14.5.